The molecule has 0 bridgehead atoms. The van der Waals surface area contributed by atoms with E-state index in [0.29, 0.717) is 17.8 Å². The second-order valence-electron chi connectivity index (χ2n) is 4.51. The number of aliphatic hydroxyl groups excluding tert-OH is 1. The van der Waals surface area contributed by atoms with Crippen LogP contribution in [0.25, 0.3) is 0 Å². The van der Waals surface area contributed by atoms with Crippen molar-refractivity contribution in [2.45, 2.75) is 12.8 Å². The van der Waals surface area contributed by atoms with E-state index in [4.69, 9.17) is 5.84 Å². The van der Waals surface area contributed by atoms with Crippen molar-refractivity contribution < 1.29 is 9.90 Å². The Morgan fingerprint density at radius 1 is 1.67 bits per heavy atom. The normalized spacial score (nSPS) is 19.7. The standard InChI is InChI=1S/C12H18N4O2/c13-15-11-6-14-4-3-10(11)12(18)16-5-1-2-9(7-16)8-17/h3-4,6,9,15,17H,1-2,5,7-8,13H2. The third kappa shape index (κ3) is 2.60. The lowest BCUT2D eigenvalue weighted by Gasteiger charge is -2.32. The molecular weight excluding hydrogens is 232 g/mol. The van der Waals surface area contributed by atoms with Crippen LogP contribution >= 0.6 is 0 Å². The quantitative estimate of drug-likeness (QED) is 0.527. The maximum atomic E-state index is 12.4. The molecule has 1 fully saturated rings. The fourth-order valence-electron chi connectivity index (χ4n) is 2.26. The summed E-state index contributed by atoms with van der Waals surface area (Å²) in [6, 6.07) is 1.65. The topological polar surface area (TPSA) is 91.5 Å². The summed E-state index contributed by atoms with van der Waals surface area (Å²) in [7, 11) is 0. The molecule has 18 heavy (non-hydrogen) atoms. The first-order chi connectivity index (χ1) is 8.76. The van der Waals surface area contributed by atoms with Crippen molar-refractivity contribution >= 4 is 11.6 Å². The van der Waals surface area contributed by atoms with Gasteiger partial charge in [-0.2, -0.15) is 0 Å². The van der Waals surface area contributed by atoms with Gasteiger partial charge in [0.15, 0.2) is 0 Å². The lowest BCUT2D eigenvalue weighted by molar-refractivity contribution is 0.0621. The number of carbonyl (C=O) groups is 1. The minimum atomic E-state index is -0.0662. The summed E-state index contributed by atoms with van der Waals surface area (Å²) in [5, 5.41) is 9.18. The number of nitrogens with one attached hydrogen (secondary N) is 1. The molecule has 1 aromatic rings. The van der Waals surface area contributed by atoms with Gasteiger partial charge in [0, 0.05) is 25.9 Å². The number of anilines is 1. The van der Waals surface area contributed by atoms with Gasteiger partial charge >= 0.3 is 0 Å². The van der Waals surface area contributed by atoms with Crippen LogP contribution in [0, 0.1) is 5.92 Å². The first kappa shape index (κ1) is 12.8. The molecule has 0 aromatic carbocycles. The van der Waals surface area contributed by atoms with Crippen LogP contribution in [0.2, 0.25) is 0 Å². The van der Waals surface area contributed by atoms with Crippen LogP contribution in [0.1, 0.15) is 23.2 Å². The molecule has 1 unspecified atom stereocenters. The fraction of sp³-hybridized carbons (Fsp3) is 0.500. The zero-order valence-corrected chi connectivity index (χ0v) is 10.2. The first-order valence-corrected chi connectivity index (χ1v) is 6.07. The molecule has 1 aliphatic rings. The molecule has 6 nitrogen and oxygen atoms in total. The Bertz CT molecular complexity index is 424. The molecule has 2 rings (SSSR count). The Morgan fingerprint density at radius 2 is 2.50 bits per heavy atom. The summed E-state index contributed by atoms with van der Waals surface area (Å²) < 4.78 is 0. The number of nitrogens with two attached hydrogens (primary N) is 1. The Kier molecular flexibility index (Phi) is 4.11. The predicted octanol–water partition coefficient (Wildman–Crippen LogP) is 0.212. The van der Waals surface area contributed by atoms with E-state index in [1.165, 1.54) is 6.20 Å². The average Bonchev–Trinajstić information content (AvgIpc) is 2.46. The van der Waals surface area contributed by atoms with E-state index in [1.807, 2.05) is 0 Å². The van der Waals surface area contributed by atoms with Crippen LogP contribution < -0.4 is 11.3 Å². The van der Waals surface area contributed by atoms with Crippen LogP contribution in [-0.2, 0) is 0 Å². The van der Waals surface area contributed by atoms with E-state index >= 15 is 0 Å². The summed E-state index contributed by atoms with van der Waals surface area (Å²) in [6.45, 7) is 1.45. The second-order valence-corrected chi connectivity index (χ2v) is 4.51. The van der Waals surface area contributed by atoms with Gasteiger partial charge in [-0.25, -0.2) is 0 Å². The van der Waals surface area contributed by atoms with Gasteiger partial charge in [-0.3, -0.25) is 15.6 Å². The smallest absolute Gasteiger partial charge is 0.256 e. The van der Waals surface area contributed by atoms with Crippen molar-refractivity contribution in [1.29, 1.82) is 0 Å². The fourth-order valence-corrected chi connectivity index (χ4v) is 2.26. The Morgan fingerprint density at radius 3 is 3.22 bits per heavy atom. The zero-order chi connectivity index (χ0) is 13.0. The van der Waals surface area contributed by atoms with E-state index in [2.05, 4.69) is 10.4 Å². The number of aliphatic hydroxyl groups is 1. The van der Waals surface area contributed by atoms with E-state index in [1.54, 1.807) is 17.2 Å². The minimum Gasteiger partial charge on any atom is -0.396 e. The molecule has 1 amide bonds. The summed E-state index contributed by atoms with van der Waals surface area (Å²) in [6.07, 6.45) is 4.99. The first-order valence-electron chi connectivity index (χ1n) is 6.07. The number of hydrogen-bond donors (Lipinski definition) is 3. The third-order valence-corrected chi connectivity index (χ3v) is 3.27. The van der Waals surface area contributed by atoms with E-state index in [9.17, 15) is 9.90 Å². The molecule has 6 heteroatoms. The molecule has 1 saturated heterocycles. The van der Waals surface area contributed by atoms with E-state index < -0.39 is 0 Å². The minimum absolute atomic E-state index is 0.0662. The molecule has 0 radical (unpaired) electrons. The number of rotatable bonds is 3. The number of hydrazine groups is 1. The Labute approximate surface area is 106 Å². The molecule has 0 spiro atoms. The molecule has 0 aliphatic carbocycles. The van der Waals surface area contributed by atoms with Crippen LogP contribution in [0.15, 0.2) is 18.5 Å². The molecule has 0 saturated carbocycles. The number of likely N-dealkylation sites (tertiary alicyclic amines) is 1. The van der Waals surface area contributed by atoms with Crippen molar-refractivity contribution in [3.8, 4) is 0 Å². The summed E-state index contributed by atoms with van der Waals surface area (Å²) >= 11 is 0. The van der Waals surface area contributed by atoms with Gasteiger partial charge in [-0.05, 0) is 24.8 Å². The summed E-state index contributed by atoms with van der Waals surface area (Å²) in [5.74, 6) is 5.48. The van der Waals surface area contributed by atoms with Gasteiger partial charge in [0.05, 0.1) is 17.4 Å². The van der Waals surface area contributed by atoms with Crippen LogP contribution in [0.3, 0.4) is 0 Å². The Balaban J connectivity index is 2.15. The monoisotopic (exact) mass is 250 g/mol. The molecule has 1 aliphatic heterocycles. The highest BCUT2D eigenvalue weighted by molar-refractivity contribution is 5.99. The van der Waals surface area contributed by atoms with Crippen molar-refractivity contribution in [2.24, 2.45) is 11.8 Å². The van der Waals surface area contributed by atoms with Crippen molar-refractivity contribution in [1.82, 2.24) is 9.88 Å². The Hall–Kier alpha value is -1.66. The molecule has 1 aromatic heterocycles. The number of pyridine rings is 1. The number of carbonyl (C=O) groups excluding carboxylic acids is 1. The largest absolute Gasteiger partial charge is 0.396 e. The van der Waals surface area contributed by atoms with Crippen LogP contribution in [0.5, 0.6) is 0 Å². The number of nitrogen functional groups attached to an aromatic ring is 1. The van der Waals surface area contributed by atoms with Crippen molar-refractivity contribution in [2.75, 3.05) is 25.1 Å². The van der Waals surface area contributed by atoms with E-state index in [-0.39, 0.29) is 18.4 Å². The SMILES string of the molecule is NNc1cnccc1C(=O)N1CCCC(CO)C1. The molecule has 2 heterocycles. The van der Waals surface area contributed by atoms with E-state index in [0.717, 1.165) is 19.4 Å². The molecule has 4 N–H and O–H groups in total. The maximum Gasteiger partial charge on any atom is 0.256 e. The predicted molar refractivity (Wildman–Crippen MR) is 67.8 cm³/mol. The number of hydrogen-bond acceptors (Lipinski definition) is 5. The van der Waals surface area contributed by atoms with Gasteiger partial charge in [-0.15, -0.1) is 0 Å². The average molecular weight is 250 g/mol. The van der Waals surface area contributed by atoms with Crippen LogP contribution in [0.4, 0.5) is 5.69 Å². The van der Waals surface area contributed by atoms with Gasteiger partial charge in [-0.1, -0.05) is 0 Å². The number of nitrogens with zero attached hydrogens (tertiary/aromatic N) is 2. The lowest BCUT2D eigenvalue weighted by atomic mass is 9.98. The molecule has 1 atom stereocenters. The number of aromatic nitrogens is 1. The maximum absolute atomic E-state index is 12.4. The highest BCUT2D eigenvalue weighted by atomic mass is 16.3. The van der Waals surface area contributed by atoms with Crippen molar-refractivity contribution in [3.05, 3.63) is 24.0 Å². The molecule has 98 valence electrons. The van der Waals surface area contributed by atoms with Crippen molar-refractivity contribution in [3.63, 3.8) is 0 Å². The number of amides is 1. The number of piperidine rings is 1. The third-order valence-electron chi connectivity index (χ3n) is 3.27. The zero-order valence-electron chi connectivity index (χ0n) is 10.2. The summed E-state index contributed by atoms with van der Waals surface area (Å²) in [4.78, 5) is 18.0. The van der Waals surface area contributed by atoms with Gasteiger partial charge < -0.3 is 15.4 Å². The van der Waals surface area contributed by atoms with Crippen LogP contribution in [-0.4, -0.2) is 40.6 Å². The highest BCUT2D eigenvalue weighted by Crippen LogP contribution is 2.20. The van der Waals surface area contributed by atoms with Gasteiger partial charge in [0.25, 0.3) is 5.91 Å². The van der Waals surface area contributed by atoms with Gasteiger partial charge in [0.1, 0.15) is 0 Å². The second kappa shape index (κ2) is 5.79. The molecular formula is C12H18N4O2. The van der Waals surface area contributed by atoms with Gasteiger partial charge in [0.2, 0.25) is 0 Å². The summed E-state index contributed by atoms with van der Waals surface area (Å²) in [5.41, 5.74) is 3.52. The highest BCUT2D eigenvalue weighted by Gasteiger charge is 2.25. The lowest BCUT2D eigenvalue weighted by Crippen LogP contribution is -2.41.